The Balaban J connectivity index is 2.29. The van der Waals surface area contributed by atoms with E-state index in [0.29, 0.717) is 18.5 Å². The second-order valence-corrected chi connectivity index (χ2v) is 5.25. The van der Waals surface area contributed by atoms with E-state index in [-0.39, 0.29) is 5.56 Å². The fourth-order valence-corrected chi connectivity index (χ4v) is 2.83. The highest BCUT2D eigenvalue weighted by Crippen LogP contribution is 2.26. The molecular weight excluding hydrogens is 288 g/mol. The van der Waals surface area contributed by atoms with Crippen LogP contribution in [-0.4, -0.2) is 16.3 Å². The molecule has 116 valence electrons. The highest BCUT2D eigenvalue weighted by Gasteiger charge is 2.15. The van der Waals surface area contributed by atoms with Crippen LogP contribution < -0.4 is 11.0 Å². The van der Waals surface area contributed by atoms with Crippen molar-refractivity contribution < 1.29 is 0 Å². The SMILES string of the molecule is C=NNc1c(CC)c(=O)n(Cc2cccnc2)c2ccccc12. The number of hydrazone groups is 1. The Labute approximate surface area is 134 Å². The number of fused-ring (bicyclic) bond motifs is 1. The first-order chi connectivity index (χ1) is 11.3. The van der Waals surface area contributed by atoms with Gasteiger partial charge in [-0.3, -0.25) is 15.2 Å². The normalized spacial score (nSPS) is 10.7. The average Bonchev–Trinajstić information content (AvgIpc) is 2.60. The van der Waals surface area contributed by atoms with E-state index in [0.717, 1.165) is 22.2 Å². The molecule has 0 aliphatic carbocycles. The Kier molecular flexibility index (Phi) is 4.19. The van der Waals surface area contributed by atoms with Gasteiger partial charge in [0, 0.05) is 30.1 Å². The Morgan fingerprint density at radius 3 is 2.78 bits per heavy atom. The van der Waals surface area contributed by atoms with Crippen molar-refractivity contribution in [3.8, 4) is 0 Å². The van der Waals surface area contributed by atoms with E-state index in [1.165, 1.54) is 0 Å². The van der Waals surface area contributed by atoms with Gasteiger partial charge in [0.1, 0.15) is 0 Å². The minimum atomic E-state index is -0.0128. The number of hydrogen-bond acceptors (Lipinski definition) is 4. The number of rotatable bonds is 5. The van der Waals surface area contributed by atoms with Crippen molar-refractivity contribution in [3.63, 3.8) is 0 Å². The smallest absolute Gasteiger partial charge is 0.256 e. The van der Waals surface area contributed by atoms with Gasteiger partial charge in [0.2, 0.25) is 0 Å². The summed E-state index contributed by atoms with van der Waals surface area (Å²) < 4.78 is 1.79. The van der Waals surface area contributed by atoms with E-state index in [1.807, 2.05) is 43.3 Å². The van der Waals surface area contributed by atoms with Crippen LogP contribution in [-0.2, 0) is 13.0 Å². The summed E-state index contributed by atoms with van der Waals surface area (Å²) in [6.45, 7) is 5.93. The molecule has 0 saturated carbocycles. The lowest BCUT2D eigenvalue weighted by molar-refractivity contribution is 0.777. The summed E-state index contributed by atoms with van der Waals surface area (Å²) >= 11 is 0. The predicted molar refractivity (Wildman–Crippen MR) is 94.1 cm³/mol. The zero-order valence-electron chi connectivity index (χ0n) is 13.0. The van der Waals surface area contributed by atoms with Gasteiger partial charge in [-0.2, -0.15) is 5.10 Å². The van der Waals surface area contributed by atoms with Crippen LogP contribution in [0, 0.1) is 0 Å². The average molecular weight is 306 g/mol. The molecular formula is C18H18N4O. The van der Waals surface area contributed by atoms with E-state index in [9.17, 15) is 4.79 Å². The Bertz CT molecular complexity index is 900. The van der Waals surface area contributed by atoms with Gasteiger partial charge >= 0.3 is 0 Å². The third-order valence-electron chi connectivity index (χ3n) is 3.88. The summed E-state index contributed by atoms with van der Waals surface area (Å²) in [5, 5.41) is 4.72. The number of aromatic nitrogens is 2. The molecule has 0 spiro atoms. The zero-order chi connectivity index (χ0) is 16.2. The van der Waals surface area contributed by atoms with E-state index < -0.39 is 0 Å². The maximum absolute atomic E-state index is 13.0. The molecule has 0 amide bonds. The maximum Gasteiger partial charge on any atom is 0.256 e. The second kappa shape index (κ2) is 6.44. The fourth-order valence-electron chi connectivity index (χ4n) is 2.83. The number of nitrogens with zero attached hydrogens (tertiary/aromatic N) is 3. The van der Waals surface area contributed by atoms with E-state index in [2.05, 4.69) is 22.2 Å². The third-order valence-corrected chi connectivity index (χ3v) is 3.88. The molecule has 2 heterocycles. The molecule has 23 heavy (non-hydrogen) atoms. The van der Waals surface area contributed by atoms with Crippen molar-refractivity contribution >= 4 is 23.3 Å². The summed E-state index contributed by atoms with van der Waals surface area (Å²) in [4.78, 5) is 17.1. The van der Waals surface area contributed by atoms with Gasteiger partial charge in [-0.05, 0) is 24.1 Å². The quantitative estimate of drug-likeness (QED) is 0.582. The first kappa shape index (κ1) is 15.0. The van der Waals surface area contributed by atoms with E-state index in [4.69, 9.17) is 0 Å². The van der Waals surface area contributed by atoms with Crippen molar-refractivity contribution in [3.05, 3.63) is 70.3 Å². The molecule has 0 unspecified atom stereocenters. The van der Waals surface area contributed by atoms with Crippen molar-refractivity contribution in [1.29, 1.82) is 0 Å². The van der Waals surface area contributed by atoms with Gasteiger partial charge in [0.05, 0.1) is 17.7 Å². The van der Waals surface area contributed by atoms with E-state index in [1.54, 1.807) is 17.0 Å². The van der Waals surface area contributed by atoms with Gasteiger partial charge in [0.15, 0.2) is 0 Å². The summed E-state index contributed by atoms with van der Waals surface area (Å²) in [6.07, 6.45) is 4.13. The summed E-state index contributed by atoms with van der Waals surface area (Å²) in [7, 11) is 0. The lowest BCUT2D eigenvalue weighted by Gasteiger charge is -2.16. The van der Waals surface area contributed by atoms with E-state index >= 15 is 0 Å². The Morgan fingerprint density at radius 1 is 1.26 bits per heavy atom. The first-order valence-electron chi connectivity index (χ1n) is 7.51. The minimum Gasteiger partial charge on any atom is -0.303 e. The van der Waals surface area contributed by atoms with Crippen molar-refractivity contribution in [1.82, 2.24) is 9.55 Å². The Hall–Kier alpha value is -2.95. The molecule has 0 aliphatic rings. The molecule has 1 N–H and O–H groups in total. The topological polar surface area (TPSA) is 59.3 Å². The molecule has 5 heteroatoms. The predicted octanol–water partition coefficient (Wildman–Crippen LogP) is 3.03. The largest absolute Gasteiger partial charge is 0.303 e. The molecule has 5 nitrogen and oxygen atoms in total. The number of benzene rings is 1. The second-order valence-electron chi connectivity index (χ2n) is 5.25. The molecule has 0 aliphatic heterocycles. The first-order valence-corrected chi connectivity index (χ1v) is 7.51. The van der Waals surface area contributed by atoms with Gasteiger partial charge in [-0.15, -0.1) is 0 Å². The summed E-state index contributed by atoms with van der Waals surface area (Å²) in [6, 6.07) is 11.7. The van der Waals surface area contributed by atoms with Crippen molar-refractivity contribution in [2.75, 3.05) is 5.43 Å². The van der Waals surface area contributed by atoms with Gasteiger partial charge < -0.3 is 4.57 Å². The standard InChI is InChI=1S/C18H18N4O/c1-3-14-17(21-19-2)15-8-4-5-9-16(15)22(18(14)23)12-13-7-6-10-20-11-13/h4-11,21H,2-3,12H2,1H3. The summed E-state index contributed by atoms with van der Waals surface area (Å²) in [5.74, 6) is 0. The van der Waals surface area contributed by atoms with Crippen LogP contribution in [0.15, 0.2) is 58.7 Å². The van der Waals surface area contributed by atoms with Crippen LogP contribution in [0.1, 0.15) is 18.1 Å². The van der Waals surface area contributed by atoms with Crippen molar-refractivity contribution in [2.24, 2.45) is 5.10 Å². The highest BCUT2D eigenvalue weighted by molar-refractivity contribution is 5.93. The van der Waals surface area contributed by atoms with Crippen molar-refractivity contribution in [2.45, 2.75) is 19.9 Å². The molecule has 2 aromatic heterocycles. The van der Waals surface area contributed by atoms with Gasteiger partial charge in [0.25, 0.3) is 5.56 Å². The van der Waals surface area contributed by atoms with Crippen LogP contribution in [0.4, 0.5) is 5.69 Å². The molecule has 0 atom stereocenters. The molecule has 3 aromatic rings. The van der Waals surface area contributed by atoms with Crippen LogP contribution in [0.25, 0.3) is 10.9 Å². The third kappa shape index (κ3) is 2.73. The van der Waals surface area contributed by atoms with Crippen LogP contribution in [0.5, 0.6) is 0 Å². The van der Waals surface area contributed by atoms with Gasteiger partial charge in [-0.25, -0.2) is 0 Å². The number of pyridine rings is 2. The number of nitrogens with one attached hydrogen (secondary N) is 1. The monoisotopic (exact) mass is 306 g/mol. The molecule has 3 rings (SSSR count). The lowest BCUT2D eigenvalue weighted by atomic mass is 10.1. The Morgan fingerprint density at radius 2 is 2.09 bits per heavy atom. The maximum atomic E-state index is 13.0. The molecule has 0 radical (unpaired) electrons. The molecule has 1 aromatic carbocycles. The van der Waals surface area contributed by atoms with Gasteiger partial charge in [-0.1, -0.05) is 31.2 Å². The fraction of sp³-hybridized carbons (Fsp3) is 0.167. The van der Waals surface area contributed by atoms with Crippen LogP contribution in [0.2, 0.25) is 0 Å². The van der Waals surface area contributed by atoms with Crippen LogP contribution >= 0.6 is 0 Å². The number of anilines is 1. The van der Waals surface area contributed by atoms with Crippen LogP contribution in [0.3, 0.4) is 0 Å². The number of para-hydroxylation sites is 1. The minimum absolute atomic E-state index is 0.0128. The molecule has 0 saturated heterocycles. The highest BCUT2D eigenvalue weighted by atomic mass is 16.1. The molecule has 0 bridgehead atoms. The summed E-state index contributed by atoms with van der Waals surface area (Å²) in [5.41, 5.74) is 6.18. The zero-order valence-corrected chi connectivity index (χ0v) is 13.0. The molecule has 0 fully saturated rings. The lowest BCUT2D eigenvalue weighted by Crippen LogP contribution is -2.26. The number of hydrogen-bond donors (Lipinski definition) is 1.